The third kappa shape index (κ3) is 8.79. The summed E-state index contributed by atoms with van der Waals surface area (Å²) in [6.07, 6.45) is 7.57. The second kappa shape index (κ2) is 17.1. The van der Waals surface area contributed by atoms with Gasteiger partial charge in [0.25, 0.3) is 0 Å². The molecule has 0 saturated heterocycles. The first-order valence-electron chi connectivity index (χ1n) is 18.4. The number of nitrogens with zero attached hydrogens (tertiary/aromatic N) is 2. The van der Waals surface area contributed by atoms with Crippen molar-refractivity contribution in [1.82, 2.24) is 9.97 Å². The molecule has 0 amide bonds. The number of ketones is 1. The fourth-order valence-electron chi connectivity index (χ4n) is 7.00. The zero-order chi connectivity index (χ0) is 36.2. The summed E-state index contributed by atoms with van der Waals surface area (Å²) in [6.45, 7) is 19.3. The van der Waals surface area contributed by atoms with Gasteiger partial charge in [-0.25, -0.2) is 4.98 Å². The van der Waals surface area contributed by atoms with Crippen molar-refractivity contribution >= 4 is 49.4 Å². The second-order valence-corrected chi connectivity index (χ2v) is 15.0. The van der Waals surface area contributed by atoms with Gasteiger partial charge in [0.05, 0.1) is 5.76 Å². The number of aromatic nitrogens is 2. The van der Waals surface area contributed by atoms with Crippen LogP contribution in [0.5, 0.6) is 0 Å². The van der Waals surface area contributed by atoms with Crippen LogP contribution in [0.3, 0.4) is 0 Å². The van der Waals surface area contributed by atoms with E-state index in [4.69, 9.17) is 9.40 Å². The number of carbonyl (C=O) groups excluding carboxylic acids is 1. The van der Waals surface area contributed by atoms with E-state index < -0.39 is 0 Å². The molecule has 0 saturated carbocycles. The summed E-state index contributed by atoms with van der Waals surface area (Å²) in [5.74, 6) is 1.17. The third-order valence-corrected chi connectivity index (χ3v) is 9.88. The normalized spacial score (nSPS) is 12.3. The molecule has 51 heavy (non-hydrogen) atoms. The van der Waals surface area contributed by atoms with E-state index in [0.29, 0.717) is 11.6 Å². The number of aliphatic hydroxyl groups excluding tert-OH is 1. The van der Waals surface area contributed by atoms with E-state index in [0.717, 1.165) is 70.5 Å². The predicted molar refractivity (Wildman–Crippen MR) is 210 cm³/mol. The molecule has 2 aromatic heterocycles. The maximum absolute atomic E-state index is 11.7. The SMILES string of the molecule is CC(C)Cc1ccc2c(ccc3c2oc2ncnc(-c4[c-]c5ccccc5c(C(C)(C)C)c4)c23)c1.CCC(CC)C(=O)/C=C(\O)C(CC)CC.[Ir]. The van der Waals surface area contributed by atoms with Gasteiger partial charge in [0.15, 0.2) is 5.78 Å². The molecule has 0 spiro atoms. The number of rotatable bonds is 10. The van der Waals surface area contributed by atoms with E-state index in [-0.39, 0.29) is 48.9 Å². The molecule has 0 aliphatic rings. The molecule has 0 aliphatic carbocycles. The maximum atomic E-state index is 11.7. The number of furan rings is 1. The van der Waals surface area contributed by atoms with E-state index in [1.165, 1.54) is 28.0 Å². The quantitative estimate of drug-likeness (QED) is 0.0843. The molecule has 1 radical (unpaired) electrons. The third-order valence-electron chi connectivity index (χ3n) is 9.88. The predicted octanol–water partition coefficient (Wildman–Crippen LogP) is 12.5. The van der Waals surface area contributed by atoms with Gasteiger partial charge in [0, 0.05) is 59.9 Å². The van der Waals surface area contributed by atoms with Crippen LogP contribution in [0.25, 0.3) is 54.9 Å². The van der Waals surface area contributed by atoms with Crippen LogP contribution < -0.4 is 0 Å². The average Bonchev–Trinajstić information content (AvgIpc) is 3.48. The van der Waals surface area contributed by atoms with Gasteiger partial charge in [0.1, 0.15) is 11.9 Å². The Bertz CT molecular complexity index is 2150. The fraction of sp³-hybridized carbons (Fsp3) is 0.400. The van der Waals surface area contributed by atoms with Crippen molar-refractivity contribution in [3.8, 4) is 11.3 Å². The van der Waals surface area contributed by atoms with Crippen molar-refractivity contribution < 1.29 is 34.4 Å². The minimum absolute atomic E-state index is 0. The van der Waals surface area contributed by atoms with Crippen molar-refractivity contribution in [2.75, 3.05) is 0 Å². The van der Waals surface area contributed by atoms with Gasteiger partial charge < -0.3 is 9.52 Å². The van der Waals surface area contributed by atoms with Crippen molar-refractivity contribution in [3.63, 3.8) is 0 Å². The number of fused-ring (bicyclic) bond motifs is 6. The zero-order valence-electron chi connectivity index (χ0n) is 31.7. The number of carbonyl (C=O) groups is 1. The molecule has 4 aromatic carbocycles. The molecule has 0 atom stereocenters. The molecule has 0 fully saturated rings. The number of hydrogen-bond acceptors (Lipinski definition) is 5. The van der Waals surface area contributed by atoms with Crippen LogP contribution in [0.1, 0.15) is 99.1 Å². The van der Waals surface area contributed by atoms with Gasteiger partial charge in [0.2, 0.25) is 5.71 Å². The Kier molecular flexibility index (Phi) is 13.4. The van der Waals surface area contributed by atoms with Gasteiger partial charge in [-0.2, -0.15) is 0 Å². The summed E-state index contributed by atoms with van der Waals surface area (Å²) in [5, 5.41) is 16.4. The summed E-state index contributed by atoms with van der Waals surface area (Å²) >= 11 is 0. The number of aliphatic hydroxyl groups is 1. The van der Waals surface area contributed by atoms with Crippen molar-refractivity contribution in [2.45, 2.75) is 99.8 Å². The molecule has 2 heterocycles. The Labute approximate surface area is 317 Å². The minimum Gasteiger partial charge on any atom is -0.512 e. The average molecular weight is 862 g/mol. The van der Waals surface area contributed by atoms with Gasteiger partial charge in [-0.1, -0.05) is 122 Å². The van der Waals surface area contributed by atoms with Crippen molar-refractivity contribution in [1.29, 1.82) is 0 Å². The van der Waals surface area contributed by atoms with Crippen LogP contribution in [0.15, 0.2) is 83.2 Å². The van der Waals surface area contributed by atoms with Gasteiger partial charge in [-0.15, -0.1) is 29.1 Å². The minimum atomic E-state index is -0.0159. The van der Waals surface area contributed by atoms with Crippen LogP contribution in [-0.4, -0.2) is 20.9 Å². The van der Waals surface area contributed by atoms with Gasteiger partial charge in [-0.05, 0) is 54.4 Å². The Balaban J connectivity index is 0.000000312. The van der Waals surface area contributed by atoms with E-state index in [2.05, 4.69) is 106 Å². The molecule has 0 aliphatic heterocycles. The molecule has 5 nitrogen and oxygen atoms in total. The zero-order valence-corrected chi connectivity index (χ0v) is 34.1. The summed E-state index contributed by atoms with van der Waals surface area (Å²) in [4.78, 5) is 21.0. The molecule has 6 heteroatoms. The summed E-state index contributed by atoms with van der Waals surface area (Å²) in [7, 11) is 0. The molecule has 271 valence electrons. The van der Waals surface area contributed by atoms with E-state index in [9.17, 15) is 9.90 Å². The summed E-state index contributed by atoms with van der Waals surface area (Å²) in [6, 6.07) is 25.4. The molecule has 0 unspecified atom stereocenters. The van der Waals surface area contributed by atoms with E-state index in [1.54, 1.807) is 6.33 Å². The van der Waals surface area contributed by atoms with E-state index >= 15 is 0 Å². The first kappa shape index (κ1) is 39.9. The van der Waals surface area contributed by atoms with Crippen LogP contribution >= 0.6 is 0 Å². The Hall–Kier alpha value is -3.86. The first-order chi connectivity index (χ1) is 23.9. The summed E-state index contributed by atoms with van der Waals surface area (Å²) < 4.78 is 6.37. The van der Waals surface area contributed by atoms with Gasteiger partial charge in [-0.3, -0.25) is 9.78 Å². The van der Waals surface area contributed by atoms with Gasteiger partial charge >= 0.3 is 0 Å². The molecular weight excluding hydrogens is 809 g/mol. The van der Waals surface area contributed by atoms with Crippen LogP contribution in [0.2, 0.25) is 0 Å². The topological polar surface area (TPSA) is 76.2 Å². The van der Waals surface area contributed by atoms with E-state index in [1.807, 2.05) is 27.7 Å². The monoisotopic (exact) mass is 862 g/mol. The molecular formula is C45H53IrN2O3-. The largest absolute Gasteiger partial charge is 0.512 e. The van der Waals surface area contributed by atoms with Crippen LogP contribution in [0.4, 0.5) is 0 Å². The Morgan fingerprint density at radius 2 is 1.53 bits per heavy atom. The smallest absolute Gasteiger partial charge is 0.223 e. The van der Waals surface area contributed by atoms with Crippen molar-refractivity contribution in [2.24, 2.45) is 17.8 Å². The standard InChI is InChI=1S/C32H29N2O.C13H24O2.Ir/c1-19(2)14-20-10-12-25-22(15-20)11-13-26-28-29(33-18-34-31(28)35-30(25)26)23-16-21-8-6-7-9-24(21)27(17-23)32(3,4)5;1-5-10(6-2)12(14)9-13(15)11(7-3)8-4;/h6-13,15,17-19H,14H2,1-5H3;9-11,14H,5-8H2,1-4H3;/q-1;;/b;12-9-;. The second-order valence-electron chi connectivity index (χ2n) is 15.0. The molecule has 0 bridgehead atoms. The number of benzene rings is 4. The van der Waals surface area contributed by atoms with Crippen molar-refractivity contribution in [3.05, 3.63) is 96.0 Å². The molecule has 6 rings (SSSR count). The van der Waals surface area contributed by atoms with Crippen LogP contribution in [-0.2, 0) is 36.7 Å². The Morgan fingerprint density at radius 1 is 0.863 bits per heavy atom. The molecule has 6 aromatic rings. The first-order valence-corrected chi connectivity index (χ1v) is 18.4. The summed E-state index contributed by atoms with van der Waals surface area (Å²) in [5.41, 5.74) is 5.93. The number of hydrogen-bond donors (Lipinski definition) is 1. The Morgan fingerprint density at radius 3 is 2.18 bits per heavy atom. The fourth-order valence-corrected chi connectivity index (χ4v) is 7.00. The van der Waals surface area contributed by atoms with Crippen LogP contribution in [0, 0.1) is 23.8 Å². The maximum Gasteiger partial charge on any atom is 0.223 e. The molecule has 1 N–H and O–H groups in total. The number of allylic oxidation sites excluding steroid dienone is 2.